The predicted octanol–water partition coefficient (Wildman–Crippen LogP) is 2.65. The molecule has 0 spiro atoms. The second-order valence-electron chi connectivity index (χ2n) is 3.59. The first-order chi connectivity index (χ1) is 7.67. The van der Waals surface area contributed by atoms with Gasteiger partial charge in [0, 0.05) is 25.8 Å². The molecular weight excluding hydrogens is 212 g/mol. The van der Waals surface area contributed by atoms with E-state index in [-0.39, 0.29) is 6.04 Å². The third-order valence-electron chi connectivity index (χ3n) is 2.35. The molecule has 1 atom stereocenters. The van der Waals surface area contributed by atoms with E-state index in [4.69, 9.17) is 4.74 Å². The Bertz CT molecular complexity index is 311. The summed E-state index contributed by atoms with van der Waals surface area (Å²) >= 11 is 0. The van der Waals surface area contributed by atoms with E-state index in [1.807, 2.05) is 6.92 Å². The smallest absolute Gasteiger partial charge is 0.126 e. The highest BCUT2D eigenvalue weighted by molar-refractivity contribution is 5.21. The van der Waals surface area contributed by atoms with Crippen LogP contribution in [0.25, 0.3) is 0 Å². The van der Waals surface area contributed by atoms with Gasteiger partial charge in [-0.1, -0.05) is 6.92 Å². The molecule has 0 aliphatic heterocycles. The molecule has 90 valence electrons. The molecule has 0 fully saturated rings. The zero-order valence-electron chi connectivity index (χ0n) is 9.59. The van der Waals surface area contributed by atoms with Gasteiger partial charge >= 0.3 is 0 Å². The van der Waals surface area contributed by atoms with Crippen molar-refractivity contribution in [3.05, 3.63) is 35.4 Å². The average molecular weight is 229 g/mol. The van der Waals surface area contributed by atoms with Crippen LogP contribution < -0.4 is 5.32 Å². The predicted molar refractivity (Wildman–Crippen MR) is 59.3 cm³/mol. The van der Waals surface area contributed by atoms with E-state index < -0.39 is 11.6 Å². The van der Waals surface area contributed by atoms with Crippen molar-refractivity contribution in [1.29, 1.82) is 0 Å². The second kappa shape index (κ2) is 6.55. The number of benzene rings is 1. The molecule has 0 heterocycles. The number of halogens is 2. The quantitative estimate of drug-likeness (QED) is 0.809. The highest BCUT2D eigenvalue weighted by atomic mass is 19.1. The molecule has 1 rings (SSSR count). The normalized spacial score (nSPS) is 12.8. The molecule has 0 aromatic heterocycles. The van der Waals surface area contributed by atoms with Crippen LogP contribution in [0.5, 0.6) is 0 Å². The molecule has 4 heteroatoms. The highest BCUT2D eigenvalue weighted by Gasteiger charge is 2.12. The van der Waals surface area contributed by atoms with E-state index in [2.05, 4.69) is 5.32 Å². The van der Waals surface area contributed by atoms with Gasteiger partial charge in [0.15, 0.2) is 0 Å². The van der Waals surface area contributed by atoms with Crippen molar-refractivity contribution < 1.29 is 13.5 Å². The Morgan fingerprint density at radius 1 is 1.25 bits per heavy atom. The number of hydrogen-bond donors (Lipinski definition) is 1. The maximum absolute atomic E-state index is 13.1. The Kier molecular flexibility index (Phi) is 5.35. The molecule has 16 heavy (non-hydrogen) atoms. The monoisotopic (exact) mass is 229 g/mol. The molecular formula is C12H17F2NO. The molecule has 0 aliphatic rings. The van der Waals surface area contributed by atoms with Crippen LogP contribution in [-0.4, -0.2) is 20.3 Å². The largest absolute Gasteiger partial charge is 0.385 e. The summed E-state index contributed by atoms with van der Waals surface area (Å²) in [5.41, 5.74) is 0.622. The van der Waals surface area contributed by atoms with Crippen molar-refractivity contribution >= 4 is 0 Å². The number of ether oxygens (including phenoxy) is 1. The zero-order valence-corrected chi connectivity index (χ0v) is 9.59. The van der Waals surface area contributed by atoms with E-state index in [0.717, 1.165) is 12.6 Å². The fraction of sp³-hybridized carbons (Fsp3) is 0.500. The summed E-state index contributed by atoms with van der Waals surface area (Å²) in [5.74, 6) is -1.09. The Hall–Kier alpha value is -1.00. The molecule has 1 aromatic rings. The summed E-state index contributed by atoms with van der Waals surface area (Å²) in [7, 11) is 1.61. The average Bonchev–Trinajstić information content (AvgIpc) is 2.22. The molecule has 0 saturated carbocycles. The Morgan fingerprint density at radius 2 is 1.88 bits per heavy atom. The van der Waals surface area contributed by atoms with Crippen molar-refractivity contribution in [3.8, 4) is 0 Å². The van der Waals surface area contributed by atoms with Gasteiger partial charge in [-0.25, -0.2) is 8.78 Å². The summed E-state index contributed by atoms with van der Waals surface area (Å²) in [4.78, 5) is 0. The van der Waals surface area contributed by atoms with E-state index >= 15 is 0 Å². The maximum atomic E-state index is 13.1. The first-order valence-electron chi connectivity index (χ1n) is 5.35. The molecule has 0 aliphatic carbocycles. The van der Waals surface area contributed by atoms with Crippen molar-refractivity contribution in [2.75, 3.05) is 20.3 Å². The van der Waals surface area contributed by atoms with Crippen LogP contribution in [0.15, 0.2) is 18.2 Å². The van der Waals surface area contributed by atoms with Gasteiger partial charge in [0.05, 0.1) is 0 Å². The fourth-order valence-corrected chi connectivity index (χ4v) is 1.65. The summed E-state index contributed by atoms with van der Waals surface area (Å²) in [5, 5.41) is 3.17. The molecule has 0 amide bonds. The molecule has 0 saturated heterocycles. The molecule has 2 nitrogen and oxygen atoms in total. The van der Waals surface area contributed by atoms with Crippen LogP contribution in [0, 0.1) is 11.6 Å². The maximum Gasteiger partial charge on any atom is 0.126 e. The molecule has 0 radical (unpaired) electrons. The van der Waals surface area contributed by atoms with Crippen molar-refractivity contribution in [1.82, 2.24) is 5.32 Å². The molecule has 1 unspecified atom stereocenters. The minimum absolute atomic E-state index is 0.0739. The number of rotatable bonds is 6. The van der Waals surface area contributed by atoms with E-state index in [1.54, 1.807) is 7.11 Å². The van der Waals surface area contributed by atoms with Crippen LogP contribution in [-0.2, 0) is 4.74 Å². The summed E-state index contributed by atoms with van der Waals surface area (Å²) in [6.45, 7) is 3.25. The van der Waals surface area contributed by atoms with Gasteiger partial charge in [-0.3, -0.25) is 0 Å². The summed E-state index contributed by atoms with van der Waals surface area (Å²) in [6.07, 6.45) is 0.688. The first-order valence-corrected chi connectivity index (χ1v) is 5.35. The summed E-state index contributed by atoms with van der Waals surface area (Å²) < 4.78 is 31.1. The van der Waals surface area contributed by atoms with E-state index in [0.29, 0.717) is 18.6 Å². The van der Waals surface area contributed by atoms with Crippen LogP contribution in [0.4, 0.5) is 8.78 Å². The van der Waals surface area contributed by atoms with Gasteiger partial charge in [-0.15, -0.1) is 0 Å². The lowest BCUT2D eigenvalue weighted by Gasteiger charge is -2.18. The third kappa shape index (κ3) is 3.87. The minimum Gasteiger partial charge on any atom is -0.385 e. The van der Waals surface area contributed by atoms with Crippen LogP contribution >= 0.6 is 0 Å². The van der Waals surface area contributed by atoms with Crippen LogP contribution in [0.2, 0.25) is 0 Å². The lowest BCUT2D eigenvalue weighted by atomic mass is 10.0. The fourth-order valence-electron chi connectivity index (χ4n) is 1.65. The van der Waals surface area contributed by atoms with E-state index in [1.165, 1.54) is 12.1 Å². The summed E-state index contributed by atoms with van der Waals surface area (Å²) in [6, 6.07) is 3.51. The van der Waals surface area contributed by atoms with Crippen LogP contribution in [0.3, 0.4) is 0 Å². The van der Waals surface area contributed by atoms with Crippen molar-refractivity contribution in [2.45, 2.75) is 19.4 Å². The van der Waals surface area contributed by atoms with Gasteiger partial charge in [-0.05, 0) is 30.7 Å². The first kappa shape index (κ1) is 13.1. The minimum atomic E-state index is -0.546. The van der Waals surface area contributed by atoms with Gasteiger partial charge in [0.2, 0.25) is 0 Å². The number of hydrogen-bond acceptors (Lipinski definition) is 2. The zero-order chi connectivity index (χ0) is 12.0. The topological polar surface area (TPSA) is 21.3 Å². The van der Waals surface area contributed by atoms with Gasteiger partial charge < -0.3 is 10.1 Å². The second-order valence-corrected chi connectivity index (χ2v) is 3.59. The lowest BCUT2D eigenvalue weighted by Crippen LogP contribution is -2.22. The number of nitrogens with one attached hydrogen (secondary N) is 1. The van der Waals surface area contributed by atoms with Crippen molar-refractivity contribution in [3.63, 3.8) is 0 Å². The van der Waals surface area contributed by atoms with Crippen LogP contribution in [0.1, 0.15) is 24.9 Å². The number of methoxy groups -OCH3 is 1. The molecule has 0 bridgehead atoms. The Morgan fingerprint density at radius 3 is 2.38 bits per heavy atom. The van der Waals surface area contributed by atoms with E-state index in [9.17, 15) is 8.78 Å². The van der Waals surface area contributed by atoms with Gasteiger partial charge in [-0.2, -0.15) is 0 Å². The van der Waals surface area contributed by atoms with Crippen molar-refractivity contribution in [2.24, 2.45) is 0 Å². The standard InChI is InChI=1S/C12H17F2NO/c1-3-15-12(4-5-16-2)9-6-10(13)8-11(14)7-9/h6-8,12,15H,3-5H2,1-2H3. The highest BCUT2D eigenvalue weighted by Crippen LogP contribution is 2.19. The third-order valence-corrected chi connectivity index (χ3v) is 2.35. The van der Waals surface area contributed by atoms with Gasteiger partial charge in [0.1, 0.15) is 11.6 Å². The molecule has 1 aromatic carbocycles. The SMILES string of the molecule is CCNC(CCOC)c1cc(F)cc(F)c1. The molecule has 1 N–H and O–H groups in total. The van der Waals surface area contributed by atoms with Gasteiger partial charge in [0.25, 0.3) is 0 Å². The Balaban J connectivity index is 2.82. The lowest BCUT2D eigenvalue weighted by molar-refractivity contribution is 0.183. The Labute approximate surface area is 94.6 Å².